The van der Waals surface area contributed by atoms with Crippen LogP contribution >= 0.6 is 0 Å². The van der Waals surface area contributed by atoms with Crippen LogP contribution in [0.15, 0.2) is 103 Å². The third-order valence-corrected chi connectivity index (χ3v) is 12.0. The molecule has 9 nitrogen and oxygen atoms in total. The third kappa shape index (κ3) is 7.66. The molecular weight excluding hydrogens is 699 g/mol. The number of hydrogen-bond acceptors (Lipinski definition) is 5. The van der Waals surface area contributed by atoms with Crippen LogP contribution in [0.2, 0.25) is 0 Å². The molecule has 8 rings (SSSR count). The van der Waals surface area contributed by atoms with Crippen molar-refractivity contribution in [3.05, 3.63) is 148 Å². The second kappa shape index (κ2) is 16.3. The van der Waals surface area contributed by atoms with Crippen molar-refractivity contribution in [1.29, 1.82) is 0 Å². The summed E-state index contributed by atoms with van der Waals surface area (Å²) in [6, 6.07) is 34.2. The zero-order valence-corrected chi connectivity index (χ0v) is 32.7. The van der Waals surface area contributed by atoms with Gasteiger partial charge in [0.1, 0.15) is 0 Å². The first-order chi connectivity index (χ1) is 27.2. The maximum absolute atomic E-state index is 15.1. The molecule has 3 amide bonds. The molecule has 1 saturated heterocycles. The highest BCUT2D eigenvalue weighted by Crippen LogP contribution is 2.36. The Morgan fingerprint density at radius 1 is 0.750 bits per heavy atom. The van der Waals surface area contributed by atoms with Crippen molar-refractivity contribution >= 4 is 23.4 Å². The van der Waals surface area contributed by atoms with E-state index in [1.165, 1.54) is 5.56 Å². The molecule has 0 bridgehead atoms. The Kier molecular flexibility index (Phi) is 10.9. The Hall–Kier alpha value is -5.51. The van der Waals surface area contributed by atoms with Gasteiger partial charge in [0.2, 0.25) is 5.91 Å². The van der Waals surface area contributed by atoms with Crippen molar-refractivity contribution < 1.29 is 19.1 Å². The van der Waals surface area contributed by atoms with Crippen LogP contribution in [-0.4, -0.2) is 89.5 Å². The zero-order chi connectivity index (χ0) is 38.8. The third-order valence-electron chi connectivity index (χ3n) is 12.0. The molecule has 0 spiro atoms. The number of carbonyl (C=O) groups is 3. The maximum atomic E-state index is 15.1. The van der Waals surface area contributed by atoms with E-state index >= 15 is 4.79 Å². The first-order valence-electron chi connectivity index (χ1n) is 19.9. The van der Waals surface area contributed by atoms with Crippen LogP contribution < -0.4 is 4.90 Å². The minimum Gasteiger partial charge on any atom is -0.379 e. The SMILES string of the molecule is Cc1c(C(=O)N(C)c2ccccc2)cc(-c2cc3c(cc2C(=O)N2Cc4ccccc4C[C@H]2C)CN(C(=O)Cc2ccccc2)CC3)n1CCN1CCOCC1. The van der Waals surface area contributed by atoms with Gasteiger partial charge in [0.15, 0.2) is 0 Å². The highest BCUT2D eigenvalue weighted by Gasteiger charge is 2.33. The van der Waals surface area contributed by atoms with Crippen LogP contribution in [0, 0.1) is 6.92 Å². The molecule has 0 N–H and O–H groups in total. The van der Waals surface area contributed by atoms with Crippen molar-refractivity contribution in [3.63, 3.8) is 0 Å². The van der Waals surface area contributed by atoms with E-state index in [1.54, 1.807) is 4.90 Å². The van der Waals surface area contributed by atoms with Crippen LogP contribution in [0.3, 0.4) is 0 Å². The molecule has 0 radical (unpaired) electrons. The minimum atomic E-state index is -0.0975. The van der Waals surface area contributed by atoms with E-state index in [0.717, 1.165) is 70.9 Å². The summed E-state index contributed by atoms with van der Waals surface area (Å²) in [5.74, 6) is -0.0523. The van der Waals surface area contributed by atoms with Gasteiger partial charge in [0, 0.05) is 87.1 Å². The minimum absolute atomic E-state index is 0.00302. The van der Waals surface area contributed by atoms with Crippen LogP contribution in [0.5, 0.6) is 0 Å². The normalized spacial score (nSPS) is 16.9. The maximum Gasteiger partial charge on any atom is 0.259 e. The van der Waals surface area contributed by atoms with Gasteiger partial charge in [-0.25, -0.2) is 0 Å². The number of aromatic nitrogens is 1. The molecule has 0 aliphatic carbocycles. The van der Waals surface area contributed by atoms with E-state index in [9.17, 15) is 9.59 Å². The Bertz CT molecular complexity index is 2230. The lowest BCUT2D eigenvalue weighted by Crippen LogP contribution is -2.43. The molecule has 4 aromatic carbocycles. The number of nitrogens with zero attached hydrogens (tertiary/aromatic N) is 5. The molecule has 5 aromatic rings. The van der Waals surface area contributed by atoms with Crippen LogP contribution in [0.1, 0.15) is 61.2 Å². The molecule has 4 heterocycles. The largest absolute Gasteiger partial charge is 0.379 e. The first-order valence-corrected chi connectivity index (χ1v) is 19.9. The molecule has 3 aliphatic rings. The Morgan fingerprint density at radius 2 is 1.45 bits per heavy atom. The molecule has 9 heteroatoms. The number of para-hydroxylation sites is 1. The van der Waals surface area contributed by atoms with E-state index in [-0.39, 0.29) is 23.8 Å². The smallest absolute Gasteiger partial charge is 0.259 e. The summed E-state index contributed by atoms with van der Waals surface area (Å²) in [5, 5.41) is 0. The lowest BCUT2D eigenvalue weighted by Gasteiger charge is -2.36. The fraction of sp³-hybridized carbons (Fsp3) is 0.340. The van der Waals surface area contributed by atoms with E-state index in [0.29, 0.717) is 63.4 Å². The highest BCUT2D eigenvalue weighted by molar-refractivity contribution is 6.08. The Morgan fingerprint density at radius 3 is 2.20 bits per heavy atom. The van der Waals surface area contributed by atoms with Gasteiger partial charge >= 0.3 is 0 Å². The summed E-state index contributed by atoms with van der Waals surface area (Å²) >= 11 is 0. The number of ether oxygens (including phenoxy) is 1. The quantitative estimate of drug-likeness (QED) is 0.166. The summed E-state index contributed by atoms with van der Waals surface area (Å²) in [6.07, 6.45) is 1.80. The molecule has 1 atom stereocenters. The average Bonchev–Trinajstić information content (AvgIpc) is 3.57. The van der Waals surface area contributed by atoms with E-state index in [2.05, 4.69) is 46.7 Å². The number of morpholine rings is 1. The zero-order valence-electron chi connectivity index (χ0n) is 32.7. The second-order valence-corrected chi connectivity index (χ2v) is 15.5. The van der Waals surface area contributed by atoms with Crippen molar-refractivity contribution in [2.24, 2.45) is 0 Å². The number of benzene rings is 4. The van der Waals surface area contributed by atoms with Gasteiger partial charge in [-0.3, -0.25) is 19.3 Å². The van der Waals surface area contributed by atoms with Gasteiger partial charge in [-0.2, -0.15) is 0 Å². The fourth-order valence-electron chi connectivity index (χ4n) is 8.59. The summed E-state index contributed by atoms with van der Waals surface area (Å²) < 4.78 is 7.89. The first kappa shape index (κ1) is 37.4. The molecule has 3 aliphatic heterocycles. The summed E-state index contributed by atoms with van der Waals surface area (Å²) in [6.45, 7) is 10.3. The van der Waals surface area contributed by atoms with Crippen LogP contribution in [-0.2, 0) is 48.4 Å². The lowest BCUT2D eigenvalue weighted by molar-refractivity contribution is -0.131. The number of anilines is 1. The fourth-order valence-corrected chi connectivity index (χ4v) is 8.59. The van der Waals surface area contributed by atoms with E-state index in [1.807, 2.05) is 96.6 Å². The Balaban J connectivity index is 1.21. The molecule has 288 valence electrons. The van der Waals surface area contributed by atoms with Gasteiger partial charge in [0.25, 0.3) is 11.8 Å². The summed E-state index contributed by atoms with van der Waals surface area (Å²) in [4.78, 5) is 51.1. The molecule has 0 unspecified atom stereocenters. The summed E-state index contributed by atoms with van der Waals surface area (Å²) in [7, 11) is 1.82. The van der Waals surface area contributed by atoms with Crippen molar-refractivity contribution in [3.8, 4) is 11.3 Å². The van der Waals surface area contributed by atoms with Crippen LogP contribution in [0.4, 0.5) is 5.69 Å². The highest BCUT2D eigenvalue weighted by atomic mass is 16.5. The topological polar surface area (TPSA) is 78.3 Å². The second-order valence-electron chi connectivity index (χ2n) is 15.5. The van der Waals surface area contributed by atoms with Gasteiger partial charge < -0.3 is 24.0 Å². The van der Waals surface area contributed by atoms with Crippen molar-refractivity contribution in [2.45, 2.75) is 58.8 Å². The molecule has 1 aromatic heterocycles. The monoisotopic (exact) mass is 749 g/mol. The van der Waals surface area contributed by atoms with Gasteiger partial charge in [-0.15, -0.1) is 0 Å². The number of carbonyl (C=O) groups excluding carboxylic acids is 3. The van der Waals surface area contributed by atoms with Crippen LogP contribution in [0.25, 0.3) is 11.3 Å². The van der Waals surface area contributed by atoms with E-state index in [4.69, 9.17) is 4.74 Å². The van der Waals surface area contributed by atoms with E-state index < -0.39 is 0 Å². The number of amides is 3. The van der Waals surface area contributed by atoms with Gasteiger partial charge in [0.05, 0.1) is 25.2 Å². The lowest BCUT2D eigenvalue weighted by atomic mass is 9.89. The Labute approximate surface area is 330 Å². The van der Waals surface area contributed by atoms with Crippen molar-refractivity contribution in [2.75, 3.05) is 51.3 Å². The predicted molar refractivity (Wildman–Crippen MR) is 220 cm³/mol. The summed E-state index contributed by atoms with van der Waals surface area (Å²) in [5.41, 5.74) is 10.2. The predicted octanol–water partition coefficient (Wildman–Crippen LogP) is 6.79. The van der Waals surface area contributed by atoms with Crippen molar-refractivity contribution in [1.82, 2.24) is 19.3 Å². The van der Waals surface area contributed by atoms with Gasteiger partial charge in [-0.05, 0) is 84.8 Å². The number of fused-ring (bicyclic) bond motifs is 2. The molecular formula is C47H51N5O4. The number of hydrogen-bond donors (Lipinski definition) is 0. The average molecular weight is 750 g/mol. The molecule has 1 fully saturated rings. The van der Waals surface area contributed by atoms with Gasteiger partial charge in [-0.1, -0.05) is 72.8 Å². The molecule has 56 heavy (non-hydrogen) atoms. The molecule has 0 saturated carbocycles. The number of rotatable bonds is 9. The standard InChI is InChI=1S/C47H51N5O4/c1-33-26-36-14-10-11-15-38(36)32-52(33)47(55)43-29-39-31-50(45(53)27-35-12-6-4-7-13-35)19-18-37(39)28-42(43)44-30-41(46(54)48(3)40-16-8-5-9-17-40)34(2)51(44)21-20-49-22-24-56-25-23-49/h4-17,28-30,33H,18-27,31-32H2,1-3H3/t33-/m1/s1.